The first-order valence-electron chi connectivity index (χ1n) is 7.62. The molecule has 4 bridgehead atoms. The van der Waals surface area contributed by atoms with E-state index >= 15 is 0 Å². The molecule has 4 rings (SSSR count). The van der Waals surface area contributed by atoms with E-state index in [4.69, 9.17) is 0 Å². The number of amides is 1. The Bertz CT molecular complexity index is 366. The molecule has 18 heavy (non-hydrogen) atoms. The van der Waals surface area contributed by atoms with Gasteiger partial charge in [-0.1, -0.05) is 27.7 Å². The van der Waals surface area contributed by atoms with Crippen molar-refractivity contribution in [3.63, 3.8) is 0 Å². The Morgan fingerprint density at radius 2 is 2.00 bits per heavy atom. The molecule has 2 nitrogen and oxygen atoms in total. The van der Waals surface area contributed by atoms with Crippen molar-refractivity contribution in [1.82, 2.24) is 5.32 Å². The highest BCUT2D eigenvalue weighted by Gasteiger charge is 2.66. The Morgan fingerprint density at radius 1 is 1.28 bits per heavy atom. The summed E-state index contributed by atoms with van der Waals surface area (Å²) < 4.78 is 0. The van der Waals surface area contributed by atoms with Crippen molar-refractivity contribution in [2.75, 3.05) is 0 Å². The molecule has 6 atom stereocenters. The molecule has 4 saturated carbocycles. The summed E-state index contributed by atoms with van der Waals surface area (Å²) >= 11 is 0. The van der Waals surface area contributed by atoms with Crippen LogP contribution < -0.4 is 5.32 Å². The van der Waals surface area contributed by atoms with E-state index in [0.717, 1.165) is 30.1 Å². The monoisotopic (exact) mass is 249 g/mol. The number of carbonyl (C=O) groups is 1. The van der Waals surface area contributed by atoms with Gasteiger partial charge in [0.05, 0.1) is 0 Å². The molecule has 0 aromatic carbocycles. The van der Waals surface area contributed by atoms with E-state index < -0.39 is 0 Å². The van der Waals surface area contributed by atoms with E-state index in [0.29, 0.717) is 16.9 Å². The first kappa shape index (κ1) is 12.5. The summed E-state index contributed by atoms with van der Waals surface area (Å²) in [4.78, 5) is 11.0. The first-order chi connectivity index (χ1) is 8.42. The van der Waals surface area contributed by atoms with Gasteiger partial charge in [0.1, 0.15) is 0 Å². The average Bonchev–Trinajstić information content (AvgIpc) is 2.55. The molecule has 2 heteroatoms. The van der Waals surface area contributed by atoms with Crippen LogP contribution in [-0.4, -0.2) is 12.5 Å². The Morgan fingerprint density at radius 3 is 2.61 bits per heavy atom. The smallest absolute Gasteiger partial charge is 0.207 e. The van der Waals surface area contributed by atoms with Crippen molar-refractivity contribution in [2.24, 2.45) is 34.5 Å². The van der Waals surface area contributed by atoms with Gasteiger partial charge < -0.3 is 5.32 Å². The van der Waals surface area contributed by atoms with Gasteiger partial charge in [-0.25, -0.2) is 0 Å². The minimum Gasteiger partial charge on any atom is -0.355 e. The van der Waals surface area contributed by atoms with Crippen molar-refractivity contribution >= 4 is 6.41 Å². The summed E-state index contributed by atoms with van der Waals surface area (Å²) in [6.45, 7) is 9.63. The lowest BCUT2D eigenvalue weighted by atomic mass is 9.48. The van der Waals surface area contributed by atoms with Gasteiger partial charge >= 0.3 is 0 Å². The molecule has 0 heterocycles. The molecule has 4 fully saturated rings. The molecule has 0 aliphatic heterocycles. The molecule has 4 aliphatic rings. The third kappa shape index (κ3) is 1.38. The van der Waals surface area contributed by atoms with Crippen LogP contribution >= 0.6 is 0 Å². The number of fused-ring (bicyclic) bond motifs is 1. The fourth-order valence-corrected chi connectivity index (χ4v) is 6.14. The Hall–Kier alpha value is -0.530. The lowest BCUT2D eigenvalue weighted by molar-refractivity contribution is -0.120. The fourth-order valence-electron chi connectivity index (χ4n) is 6.14. The first-order valence-corrected chi connectivity index (χ1v) is 7.62. The van der Waals surface area contributed by atoms with Crippen molar-refractivity contribution in [3.05, 3.63) is 0 Å². The number of carbonyl (C=O) groups excluding carboxylic acids is 1. The maximum Gasteiger partial charge on any atom is 0.207 e. The second kappa shape index (κ2) is 3.74. The van der Waals surface area contributed by atoms with Crippen LogP contribution in [0.3, 0.4) is 0 Å². The van der Waals surface area contributed by atoms with Crippen LogP contribution in [0, 0.1) is 34.5 Å². The van der Waals surface area contributed by atoms with Crippen molar-refractivity contribution in [3.8, 4) is 0 Å². The highest BCUT2D eigenvalue weighted by Crippen LogP contribution is 2.70. The van der Waals surface area contributed by atoms with E-state index in [1.165, 1.54) is 25.7 Å². The van der Waals surface area contributed by atoms with Gasteiger partial charge in [0.15, 0.2) is 0 Å². The molecule has 102 valence electrons. The number of hydrogen-bond donors (Lipinski definition) is 1. The number of hydrogen-bond acceptors (Lipinski definition) is 1. The maximum absolute atomic E-state index is 11.0. The molecule has 1 amide bonds. The zero-order valence-corrected chi connectivity index (χ0v) is 12.2. The van der Waals surface area contributed by atoms with Crippen molar-refractivity contribution in [1.29, 1.82) is 0 Å². The topological polar surface area (TPSA) is 29.1 Å². The van der Waals surface area contributed by atoms with Gasteiger partial charge in [-0.15, -0.1) is 0 Å². The van der Waals surface area contributed by atoms with Crippen LogP contribution in [0.25, 0.3) is 0 Å². The minimum absolute atomic E-state index is 0.346. The Balaban J connectivity index is 2.00. The van der Waals surface area contributed by atoms with E-state index in [-0.39, 0.29) is 0 Å². The zero-order valence-electron chi connectivity index (χ0n) is 12.2. The van der Waals surface area contributed by atoms with Gasteiger partial charge in [0, 0.05) is 6.04 Å². The highest BCUT2D eigenvalue weighted by atomic mass is 16.1. The van der Waals surface area contributed by atoms with Crippen molar-refractivity contribution < 1.29 is 4.79 Å². The maximum atomic E-state index is 11.0. The molecule has 0 saturated heterocycles. The third-order valence-corrected chi connectivity index (χ3v) is 6.77. The summed E-state index contributed by atoms with van der Waals surface area (Å²) in [5.41, 5.74) is 0.699. The third-order valence-electron chi connectivity index (χ3n) is 6.77. The van der Waals surface area contributed by atoms with Gasteiger partial charge in [-0.3, -0.25) is 4.79 Å². The Kier molecular flexibility index (Phi) is 2.60. The van der Waals surface area contributed by atoms with Gasteiger partial charge in [-0.05, 0) is 60.2 Å². The fraction of sp³-hybridized carbons (Fsp3) is 0.938. The molecule has 0 aromatic rings. The van der Waals surface area contributed by atoms with Crippen LogP contribution in [0.5, 0.6) is 0 Å². The SMILES string of the molecule is CC(C)[C@H]1C[C@@]2(C)[C@H](NC=O)[C@]3(C)CC[C@H]2[C@H]1C3. The Labute approximate surface area is 111 Å². The molecule has 4 aliphatic carbocycles. The molecule has 0 unspecified atom stereocenters. The minimum atomic E-state index is 0.346. The van der Waals surface area contributed by atoms with Crippen LogP contribution in [0.4, 0.5) is 0 Å². The molecule has 0 radical (unpaired) electrons. The molecule has 0 aromatic heterocycles. The number of nitrogens with one attached hydrogen (secondary N) is 1. The van der Waals surface area contributed by atoms with Crippen LogP contribution in [-0.2, 0) is 4.79 Å². The summed E-state index contributed by atoms with van der Waals surface area (Å²) in [7, 11) is 0. The van der Waals surface area contributed by atoms with E-state index in [9.17, 15) is 4.79 Å². The van der Waals surface area contributed by atoms with E-state index in [1.807, 2.05) is 0 Å². The largest absolute Gasteiger partial charge is 0.355 e. The predicted octanol–water partition coefficient (Wildman–Crippen LogP) is 3.22. The van der Waals surface area contributed by atoms with Crippen LogP contribution in [0.1, 0.15) is 53.4 Å². The van der Waals surface area contributed by atoms with Crippen molar-refractivity contribution in [2.45, 2.75) is 59.4 Å². The predicted molar refractivity (Wildman–Crippen MR) is 73.0 cm³/mol. The molecule has 1 N–H and O–H groups in total. The summed E-state index contributed by atoms with van der Waals surface area (Å²) in [5, 5.41) is 3.20. The summed E-state index contributed by atoms with van der Waals surface area (Å²) in [6, 6.07) is 0.404. The van der Waals surface area contributed by atoms with Gasteiger partial charge in [0.25, 0.3) is 0 Å². The molecular formula is C16H27NO. The van der Waals surface area contributed by atoms with E-state index in [1.54, 1.807) is 0 Å². The van der Waals surface area contributed by atoms with E-state index in [2.05, 4.69) is 33.0 Å². The highest BCUT2D eigenvalue weighted by molar-refractivity contribution is 5.48. The summed E-state index contributed by atoms with van der Waals surface area (Å²) in [6.07, 6.45) is 6.29. The zero-order chi connectivity index (χ0) is 13.1. The molecule has 0 spiro atoms. The lowest BCUT2D eigenvalue weighted by Gasteiger charge is -2.59. The molecular weight excluding hydrogens is 222 g/mol. The second-order valence-corrected chi connectivity index (χ2v) is 8.00. The average molecular weight is 249 g/mol. The lowest BCUT2D eigenvalue weighted by Crippen LogP contribution is -2.62. The second-order valence-electron chi connectivity index (χ2n) is 8.00. The number of rotatable bonds is 3. The normalized spacial score (nSPS) is 53.8. The van der Waals surface area contributed by atoms with Gasteiger partial charge in [-0.2, -0.15) is 0 Å². The van der Waals surface area contributed by atoms with Crippen LogP contribution in [0.15, 0.2) is 0 Å². The van der Waals surface area contributed by atoms with Crippen LogP contribution in [0.2, 0.25) is 0 Å². The summed E-state index contributed by atoms with van der Waals surface area (Å²) in [5.74, 6) is 3.43. The standard InChI is InChI=1S/C16H27NO/c1-10(2)11-8-16(4)13-5-6-15(3,7-12(11)13)14(16)17-9-18/h9-14H,5-8H2,1-4H3,(H,17,18)/t11-,12+,13+,14-,15-,16-/m1/s1. The van der Waals surface area contributed by atoms with Gasteiger partial charge in [0.2, 0.25) is 6.41 Å². The quantitative estimate of drug-likeness (QED) is 0.765.